The summed E-state index contributed by atoms with van der Waals surface area (Å²) in [7, 11) is -0.0703. The second-order valence-electron chi connectivity index (χ2n) is 3.68. The van der Waals surface area contributed by atoms with Crippen LogP contribution in [0.3, 0.4) is 0 Å². The van der Waals surface area contributed by atoms with Crippen LogP contribution in [0.25, 0.3) is 0 Å². The van der Waals surface area contributed by atoms with E-state index in [-0.39, 0.29) is 9.52 Å². The molecule has 0 saturated heterocycles. The fraction of sp³-hybridized carbons (Fsp3) is 0.889. The summed E-state index contributed by atoms with van der Waals surface area (Å²) >= 11 is 0. The topological polar surface area (TPSA) is 24.4 Å². The van der Waals surface area contributed by atoms with Crippen LogP contribution >= 0.6 is 0 Å². The Hall–Kier alpha value is -0.153. The van der Waals surface area contributed by atoms with Crippen LogP contribution in [0.15, 0.2) is 4.99 Å². The van der Waals surface area contributed by atoms with Crippen molar-refractivity contribution >= 4 is 14.9 Å². The number of hydrogen-bond acceptors (Lipinski definition) is 2. The van der Waals surface area contributed by atoms with Gasteiger partial charge in [0.25, 0.3) is 0 Å². The normalized spacial score (nSPS) is 14.1. The molecule has 0 fully saturated rings. The van der Waals surface area contributed by atoms with Gasteiger partial charge in [0.15, 0.2) is 0 Å². The maximum atomic E-state index is 4.58. The van der Waals surface area contributed by atoms with Gasteiger partial charge in [0.1, 0.15) is 0 Å². The molecule has 0 amide bonds. The van der Waals surface area contributed by atoms with E-state index < -0.39 is 0 Å². The van der Waals surface area contributed by atoms with Crippen molar-refractivity contribution in [2.75, 3.05) is 6.54 Å². The Balaban J connectivity index is 3.83. The second-order valence-corrected chi connectivity index (χ2v) is 5.20. The van der Waals surface area contributed by atoms with Crippen molar-refractivity contribution in [3.05, 3.63) is 0 Å². The Labute approximate surface area is 78.7 Å². The summed E-state index contributed by atoms with van der Waals surface area (Å²) < 4.78 is 0. The molecular formula is C9H22N2Si. The van der Waals surface area contributed by atoms with Crippen molar-refractivity contribution in [3.8, 4) is 0 Å². The van der Waals surface area contributed by atoms with E-state index in [1.54, 1.807) is 0 Å². The van der Waals surface area contributed by atoms with E-state index in [2.05, 4.69) is 44.6 Å². The molecule has 2 nitrogen and oxygen atoms in total. The van der Waals surface area contributed by atoms with Gasteiger partial charge in [-0.1, -0.05) is 20.4 Å². The SMILES string of the molecule is C[SiH2]C(CNC(C)C)=NC(C)C. The van der Waals surface area contributed by atoms with Crippen LogP contribution in [0, 0.1) is 0 Å². The first-order chi connectivity index (χ1) is 5.56. The highest BCUT2D eigenvalue weighted by atomic mass is 28.2. The van der Waals surface area contributed by atoms with Crippen LogP contribution in [0.5, 0.6) is 0 Å². The summed E-state index contributed by atoms with van der Waals surface area (Å²) in [5.74, 6) is 0. The van der Waals surface area contributed by atoms with Crippen LogP contribution in [0.2, 0.25) is 6.55 Å². The molecule has 0 rings (SSSR count). The van der Waals surface area contributed by atoms with Crippen molar-refractivity contribution in [1.29, 1.82) is 0 Å². The minimum absolute atomic E-state index is 0.0703. The summed E-state index contributed by atoms with van der Waals surface area (Å²) in [4.78, 5) is 4.58. The molecule has 72 valence electrons. The van der Waals surface area contributed by atoms with E-state index in [1.807, 2.05) is 0 Å². The first-order valence-electron chi connectivity index (χ1n) is 4.85. The Kier molecular flexibility index (Phi) is 6.29. The van der Waals surface area contributed by atoms with Crippen molar-refractivity contribution in [2.24, 2.45) is 4.99 Å². The zero-order valence-corrected chi connectivity index (χ0v) is 10.4. The molecule has 0 aliphatic heterocycles. The van der Waals surface area contributed by atoms with Gasteiger partial charge in [-0.2, -0.15) is 0 Å². The van der Waals surface area contributed by atoms with E-state index in [1.165, 1.54) is 5.33 Å². The van der Waals surface area contributed by atoms with Crippen molar-refractivity contribution in [1.82, 2.24) is 5.32 Å². The van der Waals surface area contributed by atoms with E-state index >= 15 is 0 Å². The lowest BCUT2D eigenvalue weighted by atomic mass is 10.4. The molecule has 0 aliphatic carbocycles. The Morgan fingerprint density at radius 3 is 2.25 bits per heavy atom. The number of nitrogens with zero attached hydrogens (tertiary/aromatic N) is 1. The Bertz CT molecular complexity index is 141. The molecule has 1 N–H and O–H groups in total. The second kappa shape index (κ2) is 6.37. The van der Waals surface area contributed by atoms with E-state index in [0.29, 0.717) is 12.1 Å². The molecule has 0 radical (unpaired) electrons. The van der Waals surface area contributed by atoms with Gasteiger partial charge in [0, 0.05) is 24.0 Å². The lowest BCUT2D eigenvalue weighted by Gasteiger charge is -2.10. The van der Waals surface area contributed by atoms with Crippen LogP contribution in [-0.4, -0.2) is 33.5 Å². The third kappa shape index (κ3) is 6.55. The van der Waals surface area contributed by atoms with Gasteiger partial charge in [0.2, 0.25) is 0 Å². The number of hydrogen-bond donors (Lipinski definition) is 1. The minimum Gasteiger partial charge on any atom is -0.310 e. The maximum Gasteiger partial charge on any atom is 0.0712 e. The lowest BCUT2D eigenvalue weighted by Crippen LogP contribution is -2.31. The third-order valence-corrected chi connectivity index (χ3v) is 2.81. The van der Waals surface area contributed by atoms with Gasteiger partial charge < -0.3 is 5.32 Å². The summed E-state index contributed by atoms with van der Waals surface area (Å²) in [6.07, 6.45) is 0. The highest BCUT2D eigenvalue weighted by Gasteiger charge is 1.99. The van der Waals surface area contributed by atoms with Gasteiger partial charge in [0.05, 0.1) is 9.52 Å². The average molecular weight is 186 g/mol. The Morgan fingerprint density at radius 1 is 1.33 bits per heavy atom. The molecule has 0 atom stereocenters. The predicted molar refractivity (Wildman–Crippen MR) is 60.1 cm³/mol. The number of nitrogens with one attached hydrogen (secondary N) is 1. The highest BCUT2D eigenvalue weighted by molar-refractivity contribution is 6.74. The molecule has 0 heterocycles. The van der Waals surface area contributed by atoms with E-state index in [4.69, 9.17) is 0 Å². The molecule has 0 aromatic heterocycles. The number of aliphatic imine (C=N–C) groups is 1. The number of rotatable bonds is 5. The van der Waals surface area contributed by atoms with Crippen LogP contribution in [0.4, 0.5) is 0 Å². The molecule has 12 heavy (non-hydrogen) atoms. The molecule has 0 aromatic rings. The summed E-state index contributed by atoms with van der Waals surface area (Å²) in [5.41, 5.74) is 0. The first kappa shape index (κ1) is 11.8. The molecule has 3 heteroatoms. The summed E-state index contributed by atoms with van der Waals surface area (Å²) in [5, 5.41) is 4.82. The average Bonchev–Trinajstić information content (AvgIpc) is 1.97. The lowest BCUT2D eigenvalue weighted by molar-refractivity contribution is 0.642. The maximum absolute atomic E-state index is 4.58. The zero-order chi connectivity index (χ0) is 9.56. The molecular weight excluding hydrogens is 164 g/mol. The summed E-state index contributed by atoms with van der Waals surface area (Å²) in [6, 6.07) is 1.03. The molecule has 0 saturated carbocycles. The molecule has 0 unspecified atom stereocenters. The fourth-order valence-corrected chi connectivity index (χ4v) is 1.89. The van der Waals surface area contributed by atoms with Crippen LogP contribution in [0.1, 0.15) is 27.7 Å². The van der Waals surface area contributed by atoms with E-state index in [0.717, 1.165) is 6.54 Å². The van der Waals surface area contributed by atoms with Gasteiger partial charge in [-0.25, -0.2) is 0 Å². The first-order valence-corrected chi connectivity index (χ1v) is 6.97. The largest absolute Gasteiger partial charge is 0.310 e. The Morgan fingerprint density at radius 2 is 1.92 bits per heavy atom. The fourth-order valence-electron chi connectivity index (χ4n) is 0.949. The van der Waals surface area contributed by atoms with Crippen LogP contribution < -0.4 is 5.32 Å². The predicted octanol–water partition coefficient (Wildman–Crippen LogP) is 1.01. The van der Waals surface area contributed by atoms with Crippen molar-refractivity contribution < 1.29 is 0 Å². The van der Waals surface area contributed by atoms with Crippen molar-refractivity contribution in [3.63, 3.8) is 0 Å². The highest BCUT2D eigenvalue weighted by Crippen LogP contribution is 1.88. The summed E-state index contributed by atoms with van der Waals surface area (Å²) in [6.45, 7) is 11.9. The van der Waals surface area contributed by atoms with Crippen LogP contribution in [-0.2, 0) is 0 Å². The smallest absolute Gasteiger partial charge is 0.0712 e. The quantitative estimate of drug-likeness (QED) is 0.503. The van der Waals surface area contributed by atoms with Gasteiger partial charge in [-0.3, -0.25) is 4.99 Å². The van der Waals surface area contributed by atoms with Gasteiger partial charge >= 0.3 is 0 Å². The molecule has 0 aliphatic rings. The monoisotopic (exact) mass is 186 g/mol. The molecule has 0 aromatic carbocycles. The molecule has 0 bridgehead atoms. The van der Waals surface area contributed by atoms with Gasteiger partial charge in [-0.05, 0) is 13.8 Å². The third-order valence-electron chi connectivity index (χ3n) is 1.56. The minimum atomic E-state index is -0.0703. The molecule has 0 spiro atoms. The zero-order valence-electron chi connectivity index (χ0n) is 9.02. The standard InChI is InChI=1S/C9H22N2Si/c1-7(2)10-6-9(12-5)11-8(3)4/h7-8,10H,6,12H2,1-5H3. The van der Waals surface area contributed by atoms with E-state index in [9.17, 15) is 0 Å². The van der Waals surface area contributed by atoms with Crippen molar-refractivity contribution in [2.45, 2.75) is 46.3 Å². The van der Waals surface area contributed by atoms with Gasteiger partial charge in [-0.15, -0.1) is 0 Å².